The van der Waals surface area contributed by atoms with Crippen LogP contribution in [0.2, 0.25) is 0 Å². The molecule has 0 unspecified atom stereocenters. The van der Waals surface area contributed by atoms with Gasteiger partial charge in [0.15, 0.2) is 16.4 Å². The van der Waals surface area contributed by atoms with Crippen molar-refractivity contribution in [2.75, 3.05) is 0 Å². The van der Waals surface area contributed by atoms with Crippen molar-refractivity contribution in [2.45, 2.75) is 12.1 Å². The van der Waals surface area contributed by atoms with Crippen LogP contribution in [0.3, 0.4) is 0 Å². The molecular weight excluding hydrogens is 410 g/mol. The van der Waals surface area contributed by atoms with Gasteiger partial charge in [0, 0.05) is 17.8 Å². The molecule has 1 N–H and O–H groups in total. The zero-order chi connectivity index (χ0) is 21.3. The van der Waals surface area contributed by atoms with Crippen molar-refractivity contribution < 1.29 is 9.59 Å². The molecule has 0 atom stereocenters. The third-order valence-corrected chi connectivity index (χ3v) is 6.04. The number of imide groups is 1. The minimum atomic E-state index is -1.28. The van der Waals surface area contributed by atoms with Crippen LogP contribution in [-0.4, -0.2) is 31.8 Å². The smallest absolute Gasteiger partial charge is 0.315 e. The van der Waals surface area contributed by atoms with Crippen molar-refractivity contribution in [3.63, 3.8) is 0 Å². The Morgan fingerprint density at radius 2 is 1.48 bits per heavy atom. The monoisotopic (exact) mass is 427 g/mol. The van der Waals surface area contributed by atoms with Crippen LogP contribution in [0.5, 0.6) is 0 Å². The van der Waals surface area contributed by atoms with Gasteiger partial charge in [-0.15, -0.1) is 11.3 Å². The number of thiazole rings is 1. The van der Waals surface area contributed by atoms with Gasteiger partial charge in [0.25, 0.3) is 5.91 Å². The number of carbonyl (C=O) groups excluding carboxylic acids is 2. The third-order valence-electron chi connectivity index (χ3n) is 5.15. The molecule has 0 bridgehead atoms. The molecule has 5 rings (SSSR count). The summed E-state index contributed by atoms with van der Waals surface area (Å²) < 4.78 is 0. The van der Waals surface area contributed by atoms with E-state index in [9.17, 15) is 9.59 Å². The van der Waals surface area contributed by atoms with E-state index in [-0.39, 0.29) is 12.5 Å². The van der Waals surface area contributed by atoms with Gasteiger partial charge in [-0.05, 0) is 17.2 Å². The van der Waals surface area contributed by atoms with Crippen LogP contribution in [0.25, 0.3) is 10.8 Å². The van der Waals surface area contributed by atoms with E-state index in [1.165, 1.54) is 16.2 Å². The molecule has 31 heavy (non-hydrogen) atoms. The highest BCUT2D eigenvalue weighted by Gasteiger charge is 2.53. The number of nitrogens with zero attached hydrogens (tertiary/aromatic N) is 4. The lowest BCUT2D eigenvalue weighted by Crippen LogP contribution is -2.45. The highest BCUT2D eigenvalue weighted by molar-refractivity contribution is 7.13. The summed E-state index contributed by atoms with van der Waals surface area (Å²) in [5.41, 5.74) is 0.742. The first kappa shape index (κ1) is 19.1. The number of hydrogen-bond donors (Lipinski definition) is 1. The Balaban J connectivity index is 1.50. The fourth-order valence-corrected chi connectivity index (χ4v) is 4.46. The van der Waals surface area contributed by atoms with Crippen molar-refractivity contribution >= 4 is 23.3 Å². The van der Waals surface area contributed by atoms with Crippen molar-refractivity contribution in [3.8, 4) is 10.8 Å². The summed E-state index contributed by atoms with van der Waals surface area (Å²) in [5, 5.41) is 5.40. The average molecular weight is 427 g/mol. The molecule has 0 aliphatic carbocycles. The standard InChI is InChI=1S/C23H17N5O2S/c29-21-23(16-8-3-1-4-9-16,17-10-5-2-6-11-17)27-22(30)28(21)14-18-15-31-20(26-18)19-24-12-7-13-25-19/h1-13,15H,14H2,(H,27,30). The lowest BCUT2D eigenvalue weighted by atomic mass is 9.82. The van der Waals surface area contributed by atoms with Gasteiger partial charge in [-0.3, -0.25) is 9.69 Å². The van der Waals surface area contributed by atoms with Crippen LogP contribution >= 0.6 is 11.3 Å². The minimum absolute atomic E-state index is 0.0649. The van der Waals surface area contributed by atoms with Crippen LogP contribution in [-0.2, 0) is 16.9 Å². The molecular formula is C23H17N5O2S. The van der Waals surface area contributed by atoms with Crippen LogP contribution in [0.4, 0.5) is 4.79 Å². The number of carbonyl (C=O) groups is 2. The number of hydrogen-bond acceptors (Lipinski definition) is 6. The molecule has 1 saturated heterocycles. The van der Waals surface area contributed by atoms with Gasteiger partial charge >= 0.3 is 6.03 Å². The molecule has 1 aliphatic heterocycles. The van der Waals surface area contributed by atoms with Crippen molar-refractivity contribution in [2.24, 2.45) is 0 Å². The predicted molar refractivity (Wildman–Crippen MR) is 116 cm³/mol. The molecule has 0 radical (unpaired) electrons. The highest BCUT2D eigenvalue weighted by atomic mass is 32.1. The number of rotatable bonds is 5. The molecule has 3 heterocycles. The molecule has 0 saturated carbocycles. The Bertz CT molecular complexity index is 1190. The summed E-state index contributed by atoms with van der Waals surface area (Å²) >= 11 is 1.38. The quantitative estimate of drug-likeness (QED) is 0.492. The largest absolute Gasteiger partial charge is 0.325 e. The van der Waals surface area contributed by atoms with Gasteiger partial charge in [-0.25, -0.2) is 19.7 Å². The van der Waals surface area contributed by atoms with Gasteiger partial charge in [0.1, 0.15) is 0 Å². The first-order valence-corrected chi connectivity index (χ1v) is 10.5. The summed E-state index contributed by atoms with van der Waals surface area (Å²) in [7, 11) is 0. The molecule has 8 heteroatoms. The summed E-state index contributed by atoms with van der Waals surface area (Å²) in [6, 6.07) is 19.9. The maximum atomic E-state index is 13.7. The molecule has 7 nitrogen and oxygen atoms in total. The summed E-state index contributed by atoms with van der Waals surface area (Å²) in [5.74, 6) is 0.180. The summed E-state index contributed by atoms with van der Waals surface area (Å²) in [6.45, 7) is 0.0649. The SMILES string of the molecule is O=C1NC(c2ccccc2)(c2ccccc2)C(=O)N1Cc1csc(-c2ncccn2)n1. The first-order chi connectivity index (χ1) is 15.2. The summed E-state index contributed by atoms with van der Waals surface area (Å²) in [6.07, 6.45) is 3.30. The van der Waals surface area contributed by atoms with Crippen molar-refractivity contribution in [1.82, 2.24) is 25.2 Å². The van der Waals surface area contributed by atoms with Crippen LogP contribution in [0.1, 0.15) is 16.8 Å². The highest BCUT2D eigenvalue weighted by Crippen LogP contribution is 2.36. The number of urea groups is 1. The lowest BCUT2D eigenvalue weighted by molar-refractivity contribution is -0.130. The zero-order valence-electron chi connectivity index (χ0n) is 16.3. The fraction of sp³-hybridized carbons (Fsp3) is 0.0870. The molecule has 152 valence electrons. The maximum Gasteiger partial charge on any atom is 0.325 e. The van der Waals surface area contributed by atoms with Crippen LogP contribution < -0.4 is 5.32 Å². The zero-order valence-corrected chi connectivity index (χ0v) is 17.1. The second kappa shape index (κ2) is 7.73. The lowest BCUT2D eigenvalue weighted by Gasteiger charge is -2.27. The predicted octanol–water partition coefficient (Wildman–Crippen LogP) is 3.60. The number of benzene rings is 2. The van der Waals surface area contributed by atoms with E-state index in [0.717, 1.165) is 0 Å². The van der Waals surface area contributed by atoms with Crippen molar-refractivity contribution in [1.29, 1.82) is 0 Å². The Morgan fingerprint density at radius 1 is 0.871 bits per heavy atom. The molecule has 3 amide bonds. The van der Waals surface area contributed by atoms with E-state index in [2.05, 4.69) is 20.3 Å². The maximum absolute atomic E-state index is 13.7. The third kappa shape index (κ3) is 3.27. The molecule has 1 aliphatic rings. The van der Waals surface area contributed by atoms with Crippen LogP contribution in [0, 0.1) is 0 Å². The number of amides is 3. The van der Waals surface area contributed by atoms with Crippen LogP contribution in [0.15, 0.2) is 84.5 Å². The van der Waals surface area contributed by atoms with Gasteiger partial charge in [0.05, 0.1) is 12.2 Å². The first-order valence-electron chi connectivity index (χ1n) is 9.65. The molecule has 2 aromatic heterocycles. The fourth-order valence-electron chi connectivity index (χ4n) is 3.71. The normalized spacial score (nSPS) is 15.2. The van der Waals surface area contributed by atoms with E-state index < -0.39 is 11.6 Å². The molecule has 1 fully saturated rings. The Kier molecular flexibility index (Phi) is 4.76. The van der Waals surface area contributed by atoms with Gasteiger partial charge in [0.2, 0.25) is 0 Å². The van der Waals surface area contributed by atoms with E-state index in [1.54, 1.807) is 18.5 Å². The second-order valence-electron chi connectivity index (χ2n) is 7.02. The Hall–Kier alpha value is -3.91. The number of aromatic nitrogens is 3. The Morgan fingerprint density at radius 3 is 2.10 bits per heavy atom. The van der Waals surface area contributed by atoms with Gasteiger partial charge in [-0.1, -0.05) is 60.7 Å². The molecule has 2 aromatic carbocycles. The van der Waals surface area contributed by atoms with E-state index in [0.29, 0.717) is 27.7 Å². The second-order valence-corrected chi connectivity index (χ2v) is 7.88. The number of nitrogens with one attached hydrogen (secondary N) is 1. The van der Waals surface area contributed by atoms with Gasteiger partial charge in [-0.2, -0.15) is 0 Å². The minimum Gasteiger partial charge on any atom is -0.315 e. The Labute approximate surface area is 182 Å². The van der Waals surface area contributed by atoms with E-state index in [1.807, 2.05) is 66.0 Å². The van der Waals surface area contributed by atoms with Crippen molar-refractivity contribution in [3.05, 3.63) is 101 Å². The van der Waals surface area contributed by atoms with E-state index >= 15 is 0 Å². The van der Waals surface area contributed by atoms with Gasteiger partial charge < -0.3 is 5.32 Å². The molecule has 4 aromatic rings. The average Bonchev–Trinajstić information content (AvgIpc) is 3.40. The summed E-state index contributed by atoms with van der Waals surface area (Å²) in [4.78, 5) is 40.8. The topological polar surface area (TPSA) is 88.1 Å². The van der Waals surface area contributed by atoms with E-state index in [4.69, 9.17) is 0 Å². The molecule has 0 spiro atoms.